The van der Waals surface area contributed by atoms with Crippen molar-refractivity contribution in [1.29, 1.82) is 0 Å². The Balaban J connectivity index is 1.37. The number of carbonyl (C=O) groups excluding carboxylic acids is 2. The van der Waals surface area contributed by atoms with Gasteiger partial charge in [0, 0.05) is 36.5 Å². The van der Waals surface area contributed by atoms with Crippen LogP contribution >= 0.6 is 11.6 Å². The molecule has 1 fully saturated rings. The molecule has 0 atom stereocenters. The molecular weight excluding hydrogens is 354 g/mol. The second-order valence-electron chi connectivity index (χ2n) is 6.55. The Bertz CT molecular complexity index is 841. The summed E-state index contributed by atoms with van der Waals surface area (Å²) in [6, 6.07) is 14.4. The SMILES string of the molecule is O=C1OC2(CCN(C(=O)COc3ccc(Cl)cc3)CC2)c2ccccc21. The molecule has 0 bridgehead atoms. The Morgan fingerprint density at radius 3 is 2.54 bits per heavy atom. The molecule has 2 aromatic carbocycles. The summed E-state index contributed by atoms with van der Waals surface area (Å²) < 4.78 is 11.2. The molecule has 0 aliphatic carbocycles. The first-order chi connectivity index (χ1) is 12.6. The molecule has 0 aromatic heterocycles. The van der Waals surface area contributed by atoms with E-state index in [0.717, 1.165) is 5.56 Å². The molecule has 26 heavy (non-hydrogen) atoms. The lowest BCUT2D eigenvalue weighted by molar-refractivity contribution is -0.137. The molecule has 0 saturated carbocycles. The molecule has 0 unspecified atom stereocenters. The van der Waals surface area contributed by atoms with E-state index >= 15 is 0 Å². The van der Waals surface area contributed by atoms with Crippen molar-refractivity contribution in [3.63, 3.8) is 0 Å². The number of rotatable bonds is 3. The molecule has 2 aromatic rings. The normalized spacial score (nSPS) is 17.7. The summed E-state index contributed by atoms with van der Waals surface area (Å²) in [7, 11) is 0. The number of benzene rings is 2. The van der Waals surface area contributed by atoms with E-state index in [0.29, 0.717) is 42.3 Å². The molecule has 2 heterocycles. The van der Waals surface area contributed by atoms with Gasteiger partial charge >= 0.3 is 5.97 Å². The summed E-state index contributed by atoms with van der Waals surface area (Å²) in [6.45, 7) is 1.04. The zero-order chi connectivity index (χ0) is 18.1. The monoisotopic (exact) mass is 371 g/mol. The standard InChI is InChI=1S/C20H18ClNO4/c21-14-5-7-15(8-6-14)25-13-18(23)22-11-9-20(10-12-22)17-4-2-1-3-16(17)19(24)26-20/h1-8H,9-13H2. The number of piperidine rings is 1. The van der Waals surface area contributed by atoms with Crippen LogP contribution in [0.5, 0.6) is 5.75 Å². The fourth-order valence-electron chi connectivity index (χ4n) is 3.60. The van der Waals surface area contributed by atoms with Gasteiger partial charge in [0.25, 0.3) is 5.91 Å². The van der Waals surface area contributed by atoms with Gasteiger partial charge in [-0.3, -0.25) is 4.79 Å². The predicted octanol–water partition coefficient (Wildman–Crippen LogP) is 3.41. The van der Waals surface area contributed by atoms with Crippen LogP contribution in [0.1, 0.15) is 28.8 Å². The number of halogens is 1. The highest BCUT2D eigenvalue weighted by atomic mass is 35.5. The molecule has 1 spiro atoms. The van der Waals surface area contributed by atoms with Gasteiger partial charge in [-0.15, -0.1) is 0 Å². The third-order valence-corrected chi connectivity index (χ3v) is 5.28. The van der Waals surface area contributed by atoms with E-state index in [1.165, 1.54) is 0 Å². The topological polar surface area (TPSA) is 55.8 Å². The van der Waals surface area contributed by atoms with Gasteiger partial charge in [0.1, 0.15) is 11.4 Å². The van der Waals surface area contributed by atoms with Crippen LogP contribution in [0.3, 0.4) is 0 Å². The van der Waals surface area contributed by atoms with Crippen LogP contribution in [-0.2, 0) is 15.1 Å². The van der Waals surface area contributed by atoms with Crippen molar-refractivity contribution in [2.24, 2.45) is 0 Å². The molecule has 5 nitrogen and oxygen atoms in total. The highest BCUT2D eigenvalue weighted by Crippen LogP contribution is 2.43. The zero-order valence-corrected chi connectivity index (χ0v) is 14.9. The maximum atomic E-state index is 12.4. The minimum absolute atomic E-state index is 0.0228. The van der Waals surface area contributed by atoms with Crippen LogP contribution in [0, 0.1) is 0 Å². The molecule has 0 N–H and O–H groups in total. The van der Waals surface area contributed by atoms with Crippen molar-refractivity contribution in [2.45, 2.75) is 18.4 Å². The maximum Gasteiger partial charge on any atom is 0.339 e. The third-order valence-electron chi connectivity index (χ3n) is 5.03. The molecule has 1 amide bonds. The molecule has 4 rings (SSSR count). The average molecular weight is 372 g/mol. The number of hydrogen-bond donors (Lipinski definition) is 0. The summed E-state index contributed by atoms with van der Waals surface area (Å²) in [5, 5.41) is 0.622. The fourth-order valence-corrected chi connectivity index (χ4v) is 3.73. The Kier molecular flexibility index (Phi) is 4.32. The lowest BCUT2D eigenvalue weighted by Gasteiger charge is -2.38. The first kappa shape index (κ1) is 16.9. The highest BCUT2D eigenvalue weighted by molar-refractivity contribution is 6.30. The van der Waals surface area contributed by atoms with Crippen molar-refractivity contribution in [1.82, 2.24) is 4.90 Å². The fraction of sp³-hybridized carbons (Fsp3) is 0.300. The number of amides is 1. The van der Waals surface area contributed by atoms with E-state index < -0.39 is 5.60 Å². The van der Waals surface area contributed by atoms with Gasteiger partial charge in [-0.05, 0) is 30.3 Å². The first-order valence-electron chi connectivity index (χ1n) is 8.56. The Labute approximate surface area is 156 Å². The minimum Gasteiger partial charge on any atom is -0.484 e. The van der Waals surface area contributed by atoms with Crippen LogP contribution in [0.25, 0.3) is 0 Å². The van der Waals surface area contributed by atoms with Gasteiger partial charge in [-0.25, -0.2) is 4.79 Å². The van der Waals surface area contributed by atoms with E-state index in [1.54, 1.807) is 35.2 Å². The number of ether oxygens (including phenoxy) is 2. The summed E-state index contributed by atoms with van der Waals surface area (Å²) in [4.78, 5) is 26.3. The van der Waals surface area contributed by atoms with Crippen LogP contribution in [0.2, 0.25) is 5.02 Å². The quantitative estimate of drug-likeness (QED) is 0.776. The maximum absolute atomic E-state index is 12.4. The molecule has 6 heteroatoms. The number of likely N-dealkylation sites (tertiary alicyclic amines) is 1. The van der Waals surface area contributed by atoms with E-state index in [2.05, 4.69) is 0 Å². The summed E-state index contributed by atoms with van der Waals surface area (Å²) >= 11 is 5.84. The highest BCUT2D eigenvalue weighted by Gasteiger charge is 2.47. The summed E-state index contributed by atoms with van der Waals surface area (Å²) in [6.07, 6.45) is 1.20. The van der Waals surface area contributed by atoms with Gasteiger partial charge in [0.15, 0.2) is 6.61 Å². The molecule has 1 saturated heterocycles. The van der Waals surface area contributed by atoms with Gasteiger partial charge in [-0.1, -0.05) is 29.8 Å². The zero-order valence-electron chi connectivity index (χ0n) is 14.1. The van der Waals surface area contributed by atoms with E-state index in [1.807, 2.05) is 18.2 Å². The number of carbonyl (C=O) groups is 2. The van der Waals surface area contributed by atoms with Crippen LogP contribution in [-0.4, -0.2) is 36.5 Å². The molecule has 2 aliphatic heterocycles. The minimum atomic E-state index is -0.596. The molecule has 0 radical (unpaired) electrons. The number of nitrogens with zero attached hydrogens (tertiary/aromatic N) is 1. The molecule has 134 valence electrons. The lowest BCUT2D eigenvalue weighted by Crippen LogP contribution is -2.46. The van der Waals surface area contributed by atoms with Crippen LogP contribution in [0.15, 0.2) is 48.5 Å². The van der Waals surface area contributed by atoms with Crippen molar-refractivity contribution < 1.29 is 19.1 Å². The van der Waals surface area contributed by atoms with E-state index in [-0.39, 0.29) is 18.5 Å². The predicted molar refractivity (Wildman–Crippen MR) is 96.3 cm³/mol. The summed E-state index contributed by atoms with van der Waals surface area (Å²) in [5.41, 5.74) is 0.981. The third kappa shape index (κ3) is 3.03. The van der Waals surface area contributed by atoms with Crippen molar-refractivity contribution in [3.05, 3.63) is 64.7 Å². The van der Waals surface area contributed by atoms with Gasteiger partial charge < -0.3 is 14.4 Å². The number of fused-ring (bicyclic) bond motifs is 2. The molecular formula is C20H18ClNO4. The smallest absolute Gasteiger partial charge is 0.339 e. The largest absolute Gasteiger partial charge is 0.484 e. The lowest BCUT2D eigenvalue weighted by atomic mass is 9.84. The molecule has 2 aliphatic rings. The Morgan fingerprint density at radius 2 is 1.81 bits per heavy atom. The first-order valence-corrected chi connectivity index (χ1v) is 8.94. The summed E-state index contributed by atoms with van der Waals surface area (Å²) in [5.74, 6) is 0.258. The van der Waals surface area contributed by atoms with Crippen molar-refractivity contribution in [3.8, 4) is 5.75 Å². The number of hydrogen-bond acceptors (Lipinski definition) is 4. The Hall–Kier alpha value is -2.53. The second-order valence-corrected chi connectivity index (χ2v) is 6.99. The van der Waals surface area contributed by atoms with Crippen LogP contribution < -0.4 is 4.74 Å². The van der Waals surface area contributed by atoms with Gasteiger partial charge in [-0.2, -0.15) is 0 Å². The van der Waals surface area contributed by atoms with E-state index in [9.17, 15) is 9.59 Å². The van der Waals surface area contributed by atoms with Gasteiger partial charge in [0.05, 0.1) is 5.56 Å². The van der Waals surface area contributed by atoms with Crippen molar-refractivity contribution in [2.75, 3.05) is 19.7 Å². The van der Waals surface area contributed by atoms with Gasteiger partial charge in [0.2, 0.25) is 0 Å². The van der Waals surface area contributed by atoms with Crippen LogP contribution in [0.4, 0.5) is 0 Å². The van der Waals surface area contributed by atoms with E-state index in [4.69, 9.17) is 21.1 Å². The van der Waals surface area contributed by atoms with Crippen molar-refractivity contribution >= 4 is 23.5 Å². The average Bonchev–Trinajstić information content (AvgIpc) is 2.94. The Morgan fingerprint density at radius 1 is 1.12 bits per heavy atom. The second kappa shape index (κ2) is 6.65. The number of esters is 1.